The van der Waals surface area contributed by atoms with Gasteiger partial charge >= 0.3 is 0 Å². The highest BCUT2D eigenvalue weighted by Gasteiger charge is 2.37. The van der Waals surface area contributed by atoms with Gasteiger partial charge in [-0.15, -0.1) is 0 Å². The maximum Gasteiger partial charge on any atom is 0.0719 e. The predicted octanol–water partition coefficient (Wildman–Crippen LogP) is 2.50. The molecule has 1 N–H and O–H groups in total. The van der Waals surface area contributed by atoms with Gasteiger partial charge in [-0.3, -0.25) is 0 Å². The number of rotatable bonds is 1. The Balaban J connectivity index is 1.95. The molecule has 0 spiro atoms. The summed E-state index contributed by atoms with van der Waals surface area (Å²) in [5, 5.41) is 10.5. The van der Waals surface area contributed by atoms with E-state index in [1.54, 1.807) is 0 Å². The third-order valence-electron chi connectivity index (χ3n) is 3.97. The second kappa shape index (κ2) is 4.63. The summed E-state index contributed by atoms with van der Waals surface area (Å²) in [5.74, 6) is 0.550. The van der Waals surface area contributed by atoms with Gasteiger partial charge in [-0.25, -0.2) is 0 Å². The number of aliphatic hydroxyl groups is 1. The Morgan fingerprint density at radius 2 is 1.50 bits per heavy atom. The molecular formula is C12H22O2. The first-order chi connectivity index (χ1) is 6.81. The fourth-order valence-electron chi connectivity index (χ4n) is 2.95. The van der Waals surface area contributed by atoms with Crippen molar-refractivity contribution in [3.63, 3.8) is 0 Å². The summed E-state index contributed by atoms with van der Waals surface area (Å²) in [6.45, 7) is 1.51. The van der Waals surface area contributed by atoms with E-state index in [1.165, 1.54) is 38.5 Å². The van der Waals surface area contributed by atoms with Crippen LogP contribution in [0.4, 0.5) is 0 Å². The summed E-state index contributed by atoms with van der Waals surface area (Å²) in [4.78, 5) is 0. The summed E-state index contributed by atoms with van der Waals surface area (Å²) < 4.78 is 5.33. The third-order valence-corrected chi connectivity index (χ3v) is 3.97. The van der Waals surface area contributed by atoms with Crippen molar-refractivity contribution in [3.05, 3.63) is 0 Å². The van der Waals surface area contributed by atoms with E-state index < -0.39 is 0 Å². The minimum Gasteiger partial charge on any atom is -0.389 e. The van der Waals surface area contributed by atoms with Crippen molar-refractivity contribution in [1.29, 1.82) is 0 Å². The molecule has 0 aromatic carbocycles. The maximum atomic E-state index is 10.5. The summed E-state index contributed by atoms with van der Waals surface area (Å²) >= 11 is 0. The quantitative estimate of drug-likeness (QED) is 0.656. The van der Waals surface area contributed by atoms with Crippen molar-refractivity contribution in [3.8, 4) is 0 Å². The summed E-state index contributed by atoms with van der Waals surface area (Å²) in [7, 11) is 0. The van der Waals surface area contributed by atoms with E-state index in [2.05, 4.69) is 0 Å². The van der Waals surface area contributed by atoms with Gasteiger partial charge in [-0.2, -0.15) is 0 Å². The molecule has 1 saturated heterocycles. The Morgan fingerprint density at radius 1 is 0.929 bits per heavy atom. The molecule has 0 atom stereocenters. The van der Waals surface area contributed by atoms with Crippen molar-refractivity contribution in [2.75, 3.05) is 13.2 Å². The molecule has 0 aromatic rings. The van der Waals surface area contributed by atoms with Crippen LogP contribution >= 0.6 is 0 Å². The Morgan fingerprint density at radius 3 is 2.07 bits per heavy atom. The van der Waals surface area contributed by atoms with E-state index in [9.17, 15) is 5.11 Å². The highest BCUT2D eigenvalue weighted by Crippen LogP contribution is 2.37. The maximum absolute atomic E-state index is 10.5. The second-order valence-corrected chi connectivity index (χ2v) is 4.90. The lowest BCUT2D eigenvalue weighted by Crippen LogP contribution is -2.43. The lowest BCUT2D eigenvalue weighted by atomic mass is 9.77. The molecule has 2 nitrogen and oxygen atoms in total. The van der Waals surface area contributed by atoms with Gasteiger partial charge in [-0.05, 0) is 31.6 Å². The first-order valence-electron chi connectivity index (χ1n) is 6.11. The predicted molar refractivity (Wildman–Crippen MR) is 56.2 cm³/mol. The van der Waals surface area contributed by atoms with Crippen molar-refractivity contribution in [2.45, 2.75) is 57.0 Å². The van der Waals surface area contributed by atoms with Gasteiger partial charge in [0.25, 0.3) is 0 Å². The molecular weight excluding hydrogens is 176 g/mol. The minimum atomic E-state index is -0.386. The van der Waals surface area contributed by atoms with Crippen molar-refractivity contribution < 1.29 is 9.84 Å². The van der Waals surface area contributed by atoms with Crippen molar-refractivity contribution >= 4 is 0 Å². The van der Waals surface area contributed by atoms with Crippen LogP contribution in [-0.2, 0) is 4.74 Å². The molecule has 2 aliphatic rings. The molecule has 1 heterocycles. The van der Waals surface area contributed by atoms with Crippen LogP contribution in [0, 0.1) is 5.92 Å². The smallest absolute Gasteiger partial charge is 0.0719 e. The molecule has 2 fully saturated rings. The van der Waals surface area contributed by atoms with E-state index >= 15 is 0 Å². The zero-order valence-corrected chi connectivity index (χ0v) is 9.00. The Hall–Kier alpha value is -0.0800. The summed E-state index contributed by atoms with van der Waals surface area (Å²) in [6.07, 6.45) is 9.54. The lowest BCUT2D eigenvalue weighted by Gasteiger charge is -2.38. The monoisotopic (exact) mass is 198 g/mol. The van der Waals surface area contributed by atoms with Crippen LogP contribution in [0.25, 0.3) is 0 Å². The average molecular weight is 198 g/mol. The molecule has 1 aliphatic heterocycles. The first kappa shape index (κ1) is 10.4. The Kier molecular flexibility index (Phi) is 3.45. The Bertz CT molecular complexity index is 165. The van der Waals surface area contributed by atoms with Crippen molar-refractivity contribution in [1.82, 2.24) is 0 Å². The molecule has 0 amide bonds. The fraction of sp³-hybridized carbons (Fsp3) is 1.00. The van der Waals surface area contributed by atoms with E-state index in [1.807, 2.05) is 0 Å². The molecule has 14 heavy (non-hydrogen) atoms. The topological polar surface area (TPSA) is 29.5 Å². The van der Waals surface area contributed by atoms with Crippen molar-refractivity contribution in [2.24, 2.45) is 5.92 Å². The second-order valence-electron chi connectivity index (χ2n) is 4.90. The molecule has 1 aliphatic carbocycles. The third kappa shape index (κ3) is 2.29. The van der Waals surface area contributed by atoms with Gasteiger partial charge in [0.1, 0.15) is 0 Å². The highest BCUT2D eigenvalue weighted by atomic mass is 16.5. The molecule has 2 rings (SSSR count). The van der Waals surface area contributed by atoms with Crippen LogP contribution in [0.1, 0.15) is 51.4 Å². The lowest BCUT2D eigenvalue weighted by molar-refractivity contribution is -0.103. The van der Waals surface area contributed by atoms with Crippen LogP contribution in [0.15, 0.2) is 0 Å². The van der Waals surface area contributed by atoms with Crippen LogP contribution in [-0.4, -0.2) is 23.9 Å². The largest absolute Gasteiger partial charge is 0.389 e. The van der Waals surface area contributed by atoms with Crippen LogP contribution < -0.4 is 0 Å². The summed E-state index contributed by atoms with van der Waals surface area (Å²) in [5.41, 5.74) is -0.386. The Labute approximate surface area is 86.6 Å². The molecule has 0 radical (unpaired) electrons. The standard InChI is InChI=1S/C12H22O2/c13-12(7-9-14-10-8-12)11-5-3-1-2-4-6-11/h11,13H,1-10H2. The highest BCUT2D eigenvalue weighted by molar-refractivity contribution is 4.89. The van der Waals surface area contributed by atoms with Gasteiger partial charge < -0.3 is 9.84 Å². The zero-order valence-electron chi connectivity index (χ0n) is 9.00. The number of hydrogen-bond acceptors (Lipinski definition) is 2. The molecule has 1 saturated carbocycles. The van der Waals surface area contributed by atoms with Gasteiger partial charge in [0.2, 0.25) is 0 Å². The van der Waals surface area contributed by atoms with Gasteiger partial charge in [-0.1, -0.05) is 25.7 Å². The van der Waals surface area contributed by atoms with Gasteiger partial charge in [0.15, 0.2) is 0 Å². The zero-order chi connectivity index (χ0) is 9.86. The normalized spacial score (nSPS) is 29.8. The summed E-state index contributed by atoms with van der Waals surface area (Å²) in [6, 6.07) is 0. The van der Waals surface area contributed by atoms with E-state index in [-0.39, 0.29) is 5.60 Å². The van der Waals surface area contributed by atoms with Crippen LogP contribution in [0.5, 0.6) is 0 Å². The fourth-order valence-corrected chi connectivity index (χ4v) is 2.95. The number of hydrogen-bond donors (Lipinski definition) is 1. The average Bonchev–Trinajstić information content (AvgIpc) is 2.47. The molecule has 0 aromatic heterocycles. The van der Waals surface area contributed by atoms with Gasteiger partial charge in [0, 0.05) is 13.2 Å². The van der Waals surface area contributed by atoms with E-state index in [4.69, 9.17) is 4.74 Å². The first-order valence-corrected chi connectivity index (χ1v) is 6.11. The molecule has 2 heteroatoms. The van der Waals surface area contributed by atoms with E-state index in [0.29, 0.717) is 5.92 Å². The number of ether oxygens (including phenoxy) is 1. The molecule has 0 bridgehead atoms. The van der Waals surface area contributed by atoms with Crippen LogP contribution in [0.2, 0.25) is 0 Å². The molecule has 82 valence electrons. The minimum absolute atomic E-state index is 0.386. The SMILES string of the molecule is OC1(C2CCCCCC2)CCOCC1. The van der Waals surface area contributed by atoms with E-state index in [0.717, 1.165) is 26.1 Å². The molecule has 0 unspecified atom stereocenters. The van der Waals surface area contributed by atoms with Gasteiger partial charge in [0.05, 0.1) is 5.60 Å². The van der Waals surface area contributed by atoms with Crippen LogP contribution in [0.3, 0.4) is 0 Å².